The number of rotatable bonds is 3. The maximum absolute atomic E-state index is 4.51. The van der Waals surface area contributed by atoms with E-state index in [2.05, 4.69) is 44.8 Å². The van der Waals surface area contributed by atoms with E-state index < -0.39 is 0 Å². The van der Waals surface area contributed by atoms with E-state index in [1.165, 1.54) is 11.3 Å². The molecule has 0 fully saturated rings. The van der Waals surface area contributed by atoms with Gasteiger partial charge in [-0.1, -0.05) is 33.8 Å². The van der Waals surface area contributed by atoms with Crippen LogP contribution in [0.4, 0.5) is 0 Å². The van der Waals surface area contributed by atoms with Crippen molar-refractivity contribution in [2.75, 3.05) is 0 Å². The molecule has 0 aromatic rings. The number of nitrogens with zero attached hydrogens (tertiary/aromatic N) is 1. The summed E-state index contributed by atoms with van der Waals surface area (Å²) in [5.41, 5.74) is 2.68. The van der Waals surface area contributed by atoms with Crippen molar-refractivity contribution in [1.29, 1.82) is 0 Å². The Morgan fingerprint density at radius 3 is 2.86 bits per heavy atom. The van der Waals surface area contributed by atoms with E-state index in [-0.39, 0.29) is 0 Å². The third-order valence-corrected chi connectivity index (χ3v) is 2.62. The molecule has 1 heteroatoms. The SMILES string of the molecule is CCC=NC1=CC(C(C)C)=CCC1C. The summed E-state index contributed by atoms with van der Waals surface area (Å²) in [5.74, 6) is 1.20. The van der Waals surface area contributed by atoms with Crippen LogP contribution in [0.3, 0.4) is 0 Å². The highest BCUT2D eigenvalue weighted by atomic mass is 14.7. The average molecular weight is 191 g/mol. The molecule has 0 bridgehead atoms. The molecular weight excluding hydrogens is 170 g/mol. The van der Waals surface area contributed by atoms with Crippen LogP contribution < -0.4 is 0 Å². The zero-order valence-electron chi connectivity index (χ0n) is 9.75. The molecule has 0 spiro atoms. The molecule has 0 saturated carbocycles. The van der Waals surface area contributed by atoms with Gasteiger partial charge >= 0.3 is 0 Å². The first-order valence-electron chi connectivity index (χ1n) is 5.59. The van der Waals surface area contributed by atoms with Crippen LogP contribution in [-0.2, 0) is 0 Å². The molecule has 1 atom stereocenters. The van der Waals surface area contributed by atoms with Crippen LogP contribution in [0.1, 0.15) is 40.5 Å². The van der Waals surface area contributed by atoms with Gasteiger partial charge in [0.25, 0.3) is 0 Å². The number of hydrogen-bond acceptors (Lipinski definition) is 1. The van der Waals surface area contributed by atoms with Crippen molar-refractivity contribution in [2.24, 2.45) is 16.8 Å². The summed E-state index contributed by atoms with van der Waals surface area (Å²) in [6.07, 6.45) is 8.77. The summed E-state index contributed by atoms with van der Waals surface area (Å²) in [5, 5.41) is 0. The van der Waals surface area contributed by atoms with Crippen LogP contribution in [0.5, 0.6) is 0 Å². The van der Waals surface area contributed by atoms with Gasteiger partial charge in [0.2, 0.25) is 0 Å². The number of allylic oxidation sites excluding steroid dienone is 4. The molecule has 0 amide bonds. The molecule has 0 radical (unpaired) electrons. The van der Waals surface area contributed by atoms with Crippen molar-refractivity contribution in [3.63, 3.8) is 0 Å². The van der Waals surface area contributed by atoms with E-state index in [0.29, 0.717) is 11.8 Å². The van der Waals surface area contributed by atoms with Crippen LogP contribution in [0, 0.1) is 11.8 Å². The number of aliphatic imine (C=N–C) groups is 1. The molecule has 0 N–H and O–H groups in total. The molecule has 0 aliphatic heterocycles. The molecule has 1 unspecified atom stereocenters. The van der Waals surface area contributed by atoms with Gasteiger partial charge in [0.1, 0.15) is 0 Å². The van der Waals surface area contributed by atoms with Gasteiger partial charge < -0.3 is 0 Å². The van der Waals surface area contributed by atoms with Gasteiger partial charge in [-0.05, 0) is 30.4 Å². The van der Waals surface area contributed by atoms with Crippen LogP contribution in [-0.4, -0.2) is 6.21 Å². The Labute approximate surface area is 87.6 Å². The fraction of sp³-hybridized carbons (Fsp3) is 0.615. The van der Waals surface area contributed by atoms with E-state index in [4.69, 9.17) is 0 Å². The minimum absolute atomic E-state index is 0.584. The fourth-order valence-electron chi connectivity index (χ4n) is 1.57. The summed E-state index contributed by atoms with van der Waals surface area (Å²) < 4.78 is 0. The quantitative estimate of drug-likeness (QED) is 0.598. The maximum atomic E-state index is 4.51. The summed E-state index contributed by atoms with van der Waals surface area (Å²) >= 11 is 0. The first-order valence-corrected chi connectivity index (χ1v) is 5.59. The molecule has 1 nitrogen and oxygen atoms in total. The van der Waals surface area contributed by atoms with Gasteiger partial charge in [-0.3, -0.25) is 4.99 Å². The van der Waals surface area contributed by atoms with E-state index in [0.717, 1.165) is 12.8 Å². The highest BCUT2D eigenvalue weighted by Crippen LogP contribution is 2.27. The van der Waals surface area contributed by atoms with E-state index in [1.807, 2.05) is 6.21 Å². The molecule has 0 saturated heterocycles. The summed E-state index contributed by atoms with van der Waals surface area (Å²) in [7, 11) is 0. The van der Waals surface area contributed by atoms with Crippen molar-refractivity contribution in [2.45, 2.75) is 40.5 Å². The fourth-order valence-corrected chi connectivity index (χ4v) is 1.57. The molecule has 0 heterocycles. The smallest absolute Gasteiger partial charge is 0.0433 e. The summed E-state index contributed by atoms with van der Waals surface area (Å²) in [4.78, 5) is 4.51. The lowest BCUT2D eigenvalue weighted by Gasteiger charge is -2.19. The average Bonchev–Trinajstić information content (AvgIpc) is 2.16. The standard InChI is InChI=1S/C13H21N/c1-5-8-14-13-9-12(10(2)3)7-6-11(13)4/h7-11H,5-6H2,1-4H3. The van der Waals surface area contributed by atoms with Gasteiger partial charge in [0, 0.05) is 17.8 Å². The lowest BCUT2D eigenvalue weighted by atomic mass is 9.90. The molecule has 1 aliphatic rings. The predicted molar refractivity (Wildman–Crippen MR) is 63.6 cm³/mol. The maximum Gasteiger partial charge on any atom is 0.0433 e. The van der Waals surface area contributed by atoms with E-state index in [1.54, 1.807) is 0 Å². The van der Waals surface area contributed by atoms with Crippen molar-refractivity contribution in [3.8, 4) is 0 Å². The number of hydrogen-bond donors (Lipinski definition) is 0. The molecule has 0 aromatic heterocycles. The van der Waals surface area contributed by atoms with E-state index in [9.17, 15) is 0 Å². The van der Waals surface area contributed by atoms with Crippen molar-refractivity contribution in [3.05, 3.63) is 23.4 Å². The lowest BCUT2D eigenvalue weighted by Crippen LogP contribution is -2.05. The second-order valence-electron chi connectivity index (χ2n) is 4.28. The lowest BCUT2D eigenvalue weighted by molar-refractivity contribution is 0.652. The molecule has 14 heavy (non-hydrogen) atoms. The summed E-state index contributed by atoms with van der Waals surface area (Å²) in [6.45, 7) is 8.84. The molecule has 78 valence electrons. The second-order valence-corrected chi connectivity index (χ2v) is 4.28. The topological polar surface area (TPSA) is 12.4 Å². The monoisotopic (exact) mass is 191 g/mol. The van der Waals surface area contributed by atoms with Crippen LogP contribution in [0.25, 0.3) is 0 Å². The van der Waals surface area contributed by atoms with Gasteiger partial charge in [-0.15, -0.1) is 0 Å². The Kier molecular flexibility index (Phi) is 4.12. The zero-order valence-corrected chi connectivity index (χ0v) is 9.75. The Bertz CT molecular complexity index is 269. The molecule has 1 aliphatic carbocycles. The minimum atomic E-state index is 0.584. The van der Waals surface area contributed by atoms with Gasteiger partial charge in [-0.2, -0.15) is 0 Å². The molecule has 0 aromatic carbocycles. The van der Waals surface area contributed by atoms with Crippen LogP contribution in [0.15, 0.2) is 28.4 Å². The highest BCUT2D eigenvalue weighted by Gasteiger charge is 2.13. The van der Waals surface area contributed by atoms with Gasteiger partial charge in [0.05, 0.1) is 0 Å². The Hall–Kier alpha value is -0.850. The zero-order chi connectivity index (χ0) is 10.6. The first-order chi connectivity index (χ1) is 6.65. The first kappa shape index (κ1) is 11.2. The molecule has 1 rings (SSSR count). The Balaban J connectivity index is 2.79. The van der Waals surface area contributed by atoms with Gasteiger partial charge in [0.15, 0.2) is 0 Å². The van der Waals surface area contributed by atoms with Crippen molar-refractivity contribution >= 4 is 6.21 Å². The van der Waals surface area contributed by atoms with E-state index >= 15 is 0 Å². The minimum Gasteiger partial charge on any atom is -0.265 e. The van der Waals surface area contributed by atoms with Crippen molar-refractivity contribution in [1.82, 2.24) is 0 Å². The Morgan fingerprint density at radius 1 is 1.57 bits per heavy atom. The van der Waals surface area contributed by atoms with Crippen LogP contribution in [0.2, 0.25) is 0 Å². The highest BCUT2D eigenvalue weighted by molar-refractivity contribution is 5.59. The van der Waals surface area contributed by atoms with Crippen LogP contribution >= 0.6 is 0 Å². The molecular formula is C13H21N. The Morgan fingerprint density at radius 2 is 2.29 bits per heavy atom. The predicted octanol–water partition coefficient (Wildman–Crippen LogP) is 3.97. The third-order valence-electron chi connectivity index (χ3n) is 2.62. The summed E-state index contributed by atoms with van der Waals surface area (Å²) in [6, 6.07) is 0. The van der Waals surface area contributed by atoms with Crippen molar-refractivity contribution < 1.29 is 0 Å². The van der Waals surface area contributed by atoms with Gasteiger partial charge in [-0.25, -0.2) is 0 Å². The largest absolute Gasteiger partial charge is 0.265 e. The third kappa shape index (κ3) is 2.83. The normalized spacial score (nSPS) is 22.8. The second kappa shape index (κ2) is 5.14.